The zero-order valence-electron chi connectivity index (χ0n) is 33.0. The van der Waals surface area contributed by atoms with Gasteiger partial charge in [0.15, 0.2) is 17.5 Å². The van der Waals surface area contributed by atoms with Crippen molar-refractivity contribution in [3.8, 4) is 68.2 Å². The van der Waals surface area contributed by atoms with E-state index in [2.05, 4.69) is 113 Å². The monoisotopic (exact) mass is 735 g/mol. The maximum absolute atomic E-state index is 10.3. The van der Waals surface area contributed by atoms with E-state index in [1.807, 2.05) is 78.9 Å². The molecule has 0 saturated heterocycles. The van der Waals surface area contributed by atoms with Crippen molar-refractivity contribution >= 4 is 21.8 Å². The molecule has 2 heterocycles. The molecule has 0 spiro atoms. The second-order valence-electron chi connectivity index (χ2n) is 15.2. The second-order valence-corrected chi connectivity index (χ2v) is 15.2. The molecule has 57 heavy (non-hydrogen) atoms. The highest BCUT2D eigenvalue weighted by atomic mass is 15.1. The lowest BCUT2D eigenvalue weighted by molar-refractivity contribution is 1.06. The molecule has 0 atom stereocenters. The molecule has 9 rings (SSSR count). The van der Waals surface area contributed by atoms with Crippen LogP contribution in [0.4, 0.5) is 0 Å². The molecular weight excluding hydrogens is 695 g/mol. The van der Waals surface area contributed by atoms with Crippen molar-refractivity contribution in [2.24, 2.45) is 0 Å². The summed E-state index contributed by atoms with van der Waals surface area (Å²) in [5, 5.41) is 12.6. The van der Waals surface area contributed by atoms with Crippen molar-refractivity contribution in [3.63, 3.8) is 0 Å². The summed E-state index contributed by atoms with van der Waals surface area (Å²) >= 11 is 0. The van der Waals surface area contributed by atoms with Gasteiger partial charge in [-0.2, -0.15) is 5.26 Å². The van der Waals surface area contributed by atoms with Crippen LogP contribution in [0.15, 0.2) is 140 Å². The van der Waals surface area contributed by atoms with Crippen LogP contribution in [-0.4, -0.2) is 19.5 Å². The Morgan fingerprint density at radius 3 is 1.32 bits per heavy atom. The molecule has 0 aliphatic carbocycles. The first kappa shape index (κ1) is 35.5. The van der Waals surface area contributed by atoms with Crippen molar-refractivity contribution in [2.45, 2.75) is 41.5 Å². The Balaban J connectivity index is 1.35. The molecule has 0 saturated carbocycles. The highest BCUT2D eigenvalue weighted by molar-refractivity contribution is 6.12. The highest BCUT2D eigenvalue weighted by Gasteiger charge is 2.22. The zero-order chi connectivity index (χ0) is 39.4. The van der Waals surface area contributed by atoms with Crippen LogP contribution in [0.5, 0.6) is 0 Å². The summed E-state index contributed by atoms with van der Waals surface area (Å²) in [6, 6.07) is 50.9. The number of rotatable bonds is 6. The van der Waals surface area contributed by atoms with Crippen molar-refractivity contribution in [3.05, 3.63) is 178 Å². The van der Waals surface area contributed by atoms with Gasteiger partial charge < -0.3 is 4.57 Å². The van der Waals surface area contributed by atoms with Gasteiger partial charge in [0.05, 0.1) is 28.4 Å². The maximum Gasteiger partial charge on any atom is 0.166 e. The summed E-state index contributed by atoms with van der Waals surface area (Å²) in [5.41, 5.74) is 18.4. The van der Waals surface area contributed by atoms with E-state index in [4.69, 9.17) is 15.0 Å². The Labute approximate surface area is 333 Å². The third kappa shape index (κ3) is 6.36. The molecule has 9 aromatic rings. The van der Waals surface area contributed by atoms with E-state index < -0.39 is 0 Å². The standard InChI is InChI=1S/C52H41N5/c1-31-23-33(3)48(34(4)24-31)40-18-21-45-43(28-40)44-29-41(49-35(5)25-32(2)26-36(49)6)19-22-46(44)57(45)47-27-37(30-53)17-20-42(47)52-55-50(38-13-9-7-10-14-38)54-51(56-52)39-15-11-8-12-16-39/h7-29H,1-6H3. The summed E-state index contributed by atoms with van der Waals surface area (Å²) < 4.78 is 2.28. The van der Waals surface area contributed by atoms with Gasteiger partial charge in [0.1, 0.15) is 0 Å². The summed E-state index contributed by atoms with van der Waals surface area (Å²) in [4.78, 5) is 15.2. The molecule has 5 nitrogen and oxygen atoms in total. The Morgan fingerprint density at radius 2 is 0.877 bits per heavy atom. The normalized spacial score (nSPS) is 11.3. The SMILES string of the molecule is Cc1cc(C)c(-c2ccc3c(c2)c2cc(-c4c(C)cc(C)cc4C)ccc2n3-c2cc(C#N)ccc2-c2nc(-c3ccccc3)nc(-c3ccccc3)n2)c(C)c1. The van der Waals surface area contributed by atoms with Crippen molar-refractivity contribution in [1.29, 1.82) is 5.26 Å². The molecule has 0 unspecified atom stereocenters. The minimum absolute atomic E-state index is 0.530. The minimum atomic E-state index is 0.530. The van der Waals surface area contributed by atoms with E-state index in [-0.39, 0.29) is 0 Å². The number of aromatic nitrogens is 4. The van der Waals surface area contributed by atoms with Crippen molar-refractivity contribution < 1.29 is 0 Å². The first-order chi connectivity index (χ1) is 27.7. The average molecular weight is 736 g/mol. The number of hydrogen-bond donors (Lipinski definition) is 0. The van der Waals surface area contributed by atoms with Gasteiger partial charge in [0.25, 0.3) is 0 Å². The van der Waals surface area contributed by atoms with Gasteiger partial charge >= 0.3 is 0 Å². The molecule has 0 bridgehead atoms. The Kier molecular flexibility index (Phi) is 8.83. The van der Waals surface area contributed by atoms with Crippen LogP contribution in [-0.2, 0) is 0 Å². The predicted molar refractivity (Wildman–Crippen MR) is 234 cm³/mol. The van der Waals surface area contributed by atoms with Crippen LogP contribution in [0.1, 0.15) is 38.9 Å². The molecule has 0 N–H and O–H groups in total. The Hall–Kier alpha value is -7.16. The smallest absolute Gasteiger partial charge is 0.166 e. The van der Waals surface area contributed by atoms with Gasteiger partial charge in [-0.1, -0.05) is 108 Å². The number of aryl methyl sites for hydroxylation is 6. The lowest BCUT2D eigenvalue weighted by atomic mass is 9.91. The molecule has 0 aliphatic heterocycles. The molecule has 274 valence electrons. The van der Waals surface area contributed by atoms with Gasteiger partial charge in [-0.15, -0.1) is 0 Å². The quantitative estimate of drug-likeness (QED) is 0.170. The fourth-order valence-electron chi connectivity index (χ4n) is 8.77. The van der Waals surface area contributed by atoms with E-state index >= 15 is 0 Å². The number of benzene rings is 7. The summed E-state index contributed by atoms with van der Waals surface area (Å²) in [6.07, 6.45) is 0. The zero-order valence-corrected chi connectivity index (χ0v) is 33.0. The molecule has 0 aliphatic rings. The molecule has 7 aromatic carbocycles. The topological polar surface area (TPSA) is 67.4 Å². The lowest BCUT2D eigenvalue weighted by Gasteiger charge is -2.16. The van der Waals surface area contributed by atoms with Crippen LogP contribution >= 0.6 is 0 Å². The van der Waals surface area contributed by atoms with Gasteiger partial charge in [-0.3, -0.25) is 0 Å². The largest absolute Gasteiger partial charge is 0.308 e. The molecule has 2 aromatic heterocycles. The second kappa shape index (κ2) is 14.2. The first-order valence-electron chi connectivity index (χ1n) is 19.3. The van der Waals surface area contributed by atoms with E-state index in [1.165, 1.54) is 55.6 Å². The lowest BCUT2D eigenvalue weighted by Crippen LogP contribution is -2.04. The summed E-state index contributed by atoms with van der Waals surface area (Å²) in [6.45, 7) is 13.1. The maximum atomic E-state index is 10.3. The summed E-state index contributed by atoms with van der Waals surface area (Å²) in [5.74, 6) is 1.69. The third-order valence-corrected chi connectivity index (χ3v) is 11.0. The van der Waals surface area contributed by atoms with Crippen molar-refractivity contribution in [2.75, 3.05) is 0 Å². The molecule has 0 amide bonds. The van der Waals surface area contributed by atoms with E-state index in [0.717, 1.165) is 44.2 Å². The Morgan fingerprint density at radius 1 is 0.439 bits per heavy atom. The van der Waals surface area contributed by atoms with Gasteiger partial charge in [0.2, 0.25) is 0 Å². The van der Waals surface area contributed by atoms with E-state index in [1.54, 1.807) is 0 Å². The van der Waals surface area contributed by atoms with Crippen molar-refractivity contribution in [1.82, 2.24) is 19.5 Å². The van der Waals surface area contributed by atoms with Crippen LogP contribution in [0, 0.1) is 52.9 Å². The first-order valence-corrected chi connectivity index (χ1v) is 19.3. The van der Waals surface area contributed by atoms with Gasteiger partial charge in [-0.05, 0) is 129 Å². The third-order valence-electron chi connectivity index (χ3n) is 11.0. The fourth-order valence-corrected chi connectivity index (χ4v) is 8.77. The fraction of sp³-hybridized carbons (Fsp3) is 0.115. The van der Waals surface area contributed by atoms with E-state index in [9.17, 15) is 5.26 Å². The average Bonchev–Trinajstić information content (AvgIpc) is 3.53. The number of hydrogen-bond acceptors (Lipinski definition) is 4. The number of nitriles is 1. The molecule has 0 fully saturated rings. The Bertz CT molecular complexity index is 2860. The van der Waals surface area contributed by atoms with Crippen LogP contribution in [0.3, 0.4) is 0 Å². The number of nitrogens with zero attached hydrogens (tertiary/aromatic N) is 5. The molecule has 0 radical (unpaired) electrons. The molecule has 5 heteroatoms. The van der Waals surface area contributed by atoms with Crippen LogP contribution in [0.2, 0.25) is 0 Å². The van der Waals surface area contributed by atoms with Gasteiger partial charge in [-0.25, -0.2) is 15.0 Å². The number of fused-ring (bicyclic) bond motifs is 3. The van der Waals surface area contributed by atoms with E-state index in [0.29, 0.717) is 23.0 Å². The minimum Gasteiger partial charge on any atom is -0.308 e. The van der Waals surface area contributed by atoms with Crippen LogP contribution in [0.25, 0.3) is 83.9 Å². The van der Waals surface area contributed by atoms with Crippen LogP contribution < -0.4 is 0 Å². The molecular formula is C52H41N5. The predicted octanol–water partition coefficient (Wildman–Crippen LogP) is 13.0. The highest BCUT2D eigenvalue weighted by Crippen LogP contribution is 2.41. The summed E-state index contributed by atoms with van der Waals surface area (Å²) in [7, 11) is 0. The van der Waals surface area contributed by atoms with Gasteiger partial charge in [0, 0.05) is 27.5 Å².